The molecule has 2 rings (SSSR count). The van der Waals surface area contributed by atoms with Crippen LogP contribution in [-0.2, 0) is 10.0 Å². The lowest BCUT2D eigenvalue weighted by Crippen LogP contribution is -2.13. The van der Waals surface area contributed by atoms with Crippen LogP contribution in [0.1, 0.15) is 26.3 Å². The number of anilines is 1. The molecule has 2 aromatic heterocycles. The lowest BCUT2D eigenvalue weighted by atomic mass is 10.3. The molecule has 1 N–H and O–H groups in total. The van der Waals surface area contributed by atoms with Crippen LogP contribution in [-0.4, -0.2) is 28.2 Å². The van der Waals surface area contributed by atoms with Gasteiger partial charge >= 0.3 is 0 Å². The van der Waals surface area contributed by atoms with Gasteiger partial charge in [-0.2, -0.15) is 8.42 Å². The molecule has 0 aliphatic rings. The van der Waals surface area contributed by atoms with Crippen LogP contribution in [0.5, 0.6) is 0 Å². The third-order valence-electron chi connectivity index (χ3n) is 2.53. The van der Waals surface area contributed by atoms with Gasteiger partial charge in [0, 0.05) is 12.2 Å². The van der Waals surface area contributed by atoms with Crippen LogP contribution in [0.4, 0.5) is 5.13 Å². The molecule has 0 fully saturated rings. The minimum absolute atomic E-state index is 0.0157. The smallest absolute Gasteiger partial charge is 0.282 e. The molecule has 2 aromatic rings. The van der Waals surface area contributed by atoms with E-state index in [1.54, 1.807) is 4.57 Å². The summed E-state index contributed by atoms with van der Waals surface area (Å²) in [5, 5.41) is 7.41. The SMILES string of the molecule is CC[C@H](C)n1cnc(S(=O)(=O)Nc2nncs2)c1. The van der Waals surface area contributed by atoms with Gasteiger partial charge in [0.2, 0.25) is 5.13 Å². The van der Waals surface area contributed by atoms with E-state index < -0.39 is 10.0 Å². The van der Waals surface area contributed by atoms with Crippen LogP contribution in [0.25, 0.3) is 0 Å². The Morgan fingerprint density at radius 1 is 1.56 bits per heavy atom. The predicted octanol–water partition coefficient (Wildman–Crippen LogP) is 1.51. The summed E-state index contributed by atoms with van der Waals surface area (Å²) in [5.41, 5.74) is 1.45. The van der Waals surface area contributed by atoms with Crippen LogP contribution in [0.15, 0.2) is 23.1 Å². The van der Waals surface area contributed by atoms with Crippen molar-refractivity contribution in [2.75, 3.05) is 4.72 Å². The Hall–Kier alpha value is -1.48. The first-order chi connectivity index (χ1) is 8.53. The van der Waals surface area contributed by atoms with Gasteiger partial charge in [-0.15, -0.1) is 10.2 Å². The molecule has 0 aromatic carbocycles. The van der Waals surface area contributed by atoms with Gasteiger partial charge in [-0.25, -0.2) is 4.98 Å². The summed E-state index contributed by atoms with van der Waals surface area (Å²) in [6, 6.07) is 0.211. The van der Waals surface area contributed by atoms with Gasteiger partial charge in [-0.1, -0.05) is 18.3 Å². The second-order valence-electron chi connectivity index (χ2n) is 3.77. The molecule has 0 saturated heterocycles. The van der Waals surface area contributed by atoms with Crippen molar-refractivity contribution in [1.29, 1.82) is 0 Å². The van der Waals surface area contributed by atoms with Crippen LogP contribution < -0.4 is 4.72 Å². The average Bonchev–Trinajstić information content (AvgIpc) is 2.97. The van der Waals surface area contributed by atoms with Crippen molar-refractivity contribution in [3.05, 3.63) is 18.0 Å². The molecule has 7 nitrogen and oxygen atoms in total. The first kappa shape index (κ1) is 13.0. The summed E-state index contributed by atoms with van der Waals surface area (Å²) in [5.74, 6) is 0. The Morgan fingerprint density at radius 2 is 2.33 bits per heavy atom. The summed E-state index contributed by atoms with van der Waals surface area (Å²) < 4.78 is 28.1. The summed E-state index contributed by atoms with van der Waals surface area (Å²) in [6.45, 7) is 4.02. The summed E-state index contributed by atoms with van der Waals surface area (Å²) >= 11 is 1.11. The van der Waals surface area contributed by atoms with Crippen LogP contribution in [0, 0.1) is 0 Å². The van der Waals surface area contributed by atoms with Gasteiger partial charge in [0.25, 0.3) is 10.0 Å². The summed E-state index contributed by atoms with van der Waals surface area (Å²) in [4.78, 5) is 3.91. The third kappa shape index (κ3) is 2.67. The number of nitrogens with zero attached hydrogens (tertiary/aromatic N) is 4. The van der Waals surface area contributed by atoms with E-state index in [-0.39, 0.29) is 16.2 Å². The van der Waals surface area contributed by atoms with Crippen molar-refractivity contribution in [1.82, 2.24) is 19.7 Å². The molecule has 0 unspecified atom stereocenters. The highest BCUT2D eigenvalue weighted by atomic mass is 32.2. The number of hydrogen-bond acceptors (Lipinski definition) is 6. The summed E-state index contributed by atoms with van der Waals surface area (Å²) in [6.07, 6.45) is 3.93. The maximum atomic E-state index is 12.0. The van der Waals surface area contributed by atoms with Gasteiger partial charge < -0.3 is 4.57 Å². The maximum Gasteiger partial charge on any atom is 0.282 e. The highest BCUT2D eigenvalue weighted by Crippen LogP contribution is 2.17. The zero-order valence-electron chi connectivity index (χ0n) is 9.94. The second-order valence-corrected chi connectivity index (χ2v) is 6.23. The molecule has 0 saturated carbocycles. The molecule has 2 heterocycles. The average molecular weight is 287 g/mol. The van der Waals surface area contributed by atoms with Crippen LogP contribution >= 0.6 is 11.3 Å². The normalized spacial score (nSPS) is 13.4. The number of nitrogens with one attached hydrogen (secondary N) is 1. The van der Waals surface area contributed by atoms with Crippen molar-refractivity contribution < 1.29 is 8.42 Å². The van der Waals surface area contributed by atoms with E-state index >= 15 is 0 Å². The minimum Gasteiger partial charge on any atom is -0.333 e. The number of sulfonamides is 1. The first-order valence-corrected chi connectivity index (χ1v) is 7.71. The van der Waals surface area contributed by atoms with Gasteiger partial charge in [0.15, 0.2) is 5.03 Å². The van der Waals surface area contributed by atoms with Gasteiger partial charge in [0.05, 0.1) is 6.33 Å². The molecule has 9 heteroatoms. The summed E-state index contributed by atoms with van der Waals surface area (Å²) in [7, 11) is -3.68. The topological polar surface area (TPSA) is 89.8 Å². The van der Waals surface area contributed by atoms with Crippen molar-refractivity contribution >= 4 is 26.5 Å². The van der Waals surface area contributed by atoms with Crippen LogP contribution in [0.3, 0.4) is 0 Å². The Labute approximate surface area is 109 Å². The van der Waals surface area contributed by atoms with Gasteiger partial charge in [-0.3, -0.25) is 4.72 Å². The van der Waals surface area contributed by atoms with Crippen molar-refractivity contribution in [3.8, 4) is 0 Å². The highest BCUT2D eigenvalue weighted by molar-refractivity contribution is 7.92. The Bertz CT molecular complexity index is 605. The Kier molecular flexibility index (Phi) is 3.62. The van der Waals surface area contributed by atoms with E-state index in [0.717, 1.165) is 17.8 Å². The second kappa shape index (κ2) is 5.02. The number of rotatable bonds is 5. The fourth-order valence-electron chi connectivity index (χ4n) is 1.29. The molecule has 0 aliphatic heterocycles. The molecule has 0 amide bonds. The van der Waals surface area contributed by atoms with Gasteiger partial charge in [-0.05, 0) is 13.3 Å². The quantitative estimate of drug-likeness (QED) is 0.900. The zero-order chi connectivity index (χ0) is 13.2. The standard InChI is InChI=1S/C9H13N5O2S2/c1-3-7(2)14-4-8(10-5-14)18(15,16)13-9-12-11-6-17-9/h4-7H,3H2,1-2H3,(H,12,13)/t7-/m0/s1. The molecule has 0 bridgehead atoms. The van der Waals surface area contributed by atoms with Crippen LogP contribution in [0.2, 0.25) is 0 Å². The monoisotopic (exact) mass is 287 g/mol. The molecule has 0 radical (unpaired) electrons. The van der Waals surface area contributed by atoms with E-state index in [9.17, 15) is 8.42 Å². The third-order valence-corrected chi connectivity index (χ3v) is 4.49. The molecule has 1 atom stereocenters. The molecular formula is C9H13N5O2S2. The van der Waals surface area contributed by atoms with E-state index in [0.29, 0.717) is 0 Å². The molecule has 98 valence electrons. The minimum atomic E-state index is -3.68. The molecule has 18 heavy (non-hydrogen) atoms. The zero-order valence-corrected chi connectivity index (χ0v) is 11.6. The highest BCUT2D eigenvalue weighted by Gasteiger charge is 2.19. The van der Waals surface area contributed by atoms with Crippen molar-refractivity contribution in [2.45, 2.75) is 31.3 Å². The van der Waals surface area contributed by atoms with E-state index in [2.05, 4.69) is 19.9 Å². The first-order valence-electron chi connectivity index (χ1n) is 5.35. The fourth-order valence-corrected chi connectivity index (χ4v) is 2.92. The Morgan fingerprint density at radius 3 is 2.94 bits per heavy atom. The van der Waals surface area contributed by atoms with E-state index in [1.165, 1.54) is 18.0 Å². The maximum absolute atomic E-state index is 12.0. The molecular weight excluding hydrogens is 274 g/mol. The lowest BCUT2D eigenvalue weighted by Gasteiger charge is -2.08. The number of imidazole rings is 1. The molecule has 0 aliphatic carbocycles. The predicted molar refractivity (Wildman–Crippen MR) is 67.9 cm³/mol. The van der Waals surface area contributed by atoms with E-state index in [4.69, 9.17) is 0 Å². The lowest BCUT2D eigenvalue weighted by molar-refractivity contribution is 0.529. The van der Waals surface area contributed by atoms with E-state index in [1.807, 2.05) is 13.8 Å². The number of hydrogen-bond donors (Lipinski definition) is 1. The largest absolute Gasteiger partial charge is 0.333 e. The van der Waals surface area contributed by atoms with Gasteiger partial charge in [0.1, 0.15) is 5.51 Å². The molecule has 0 spiro atoms. The fraction of sp³-hybridized carbons (Fsp3) is 0.444. The van der Waals surface area contributed by atoms with Crippen molar-refractivity contribution in [3.63, 3.8) is 0 Å². The Balaban J connectivity index is 2.22. The van der Waals surface area contributed by atoms with Crippen molar-refractivity contribution in [2.24, 2.45) is 0 Å². The number of aromatic nitrogens is 4.